The van der Waals surface area contributed by atoms with Crippen molar-refractivity contribution in [3.8, 4) is 5.69 Å². The van der Waals surface area contributed by atoms with Gasteiger partial charge in [-0.15, -0.1) is 0 Å². The topological polar surface area (TPSA) is 83.1 Å². The Morgan fingerprint density at radius 3 is 2.23 bits per heavy atom. The van der Waals surface area contributed by atoms with Crippen LogP contribution < -0.4 is 11.4 Å². The quantitative estimate of drug-likeness (QED) is 0.433. The lowest BCUT2D eigenvalue weighted by Crippen LogP contribution is -2.49. The Morgan fingerprint density at radius 1 is 0.771 bits per heavy atom. The molecule has 2 heterocycles. The summed E-state index contributed by atoms with van der Waals surface area (Å²) in [5.41, 5.74) is -1.17. The molecule has 0 radical (unpaired) electrons. The molecule has 7 nitrogen and oxygen atoms in total. The van der Waals surface area contributed by atoms with E-state index in [1.807, 2.05) is 32.0 Å². The van der Waals surface area contributed by atoms with Crippen molar-refractivity contribution in [2.75, 3.05) is 0 Å². The number of aromatic nitrogens is 3. The van der Waals surface area contributed by atoms with Crippen molar-refractivity contribution >= 4 is 28.0 Å². The van der Waals surface area contributed by atoms with Gasteiger partial charge in [-0.1, -0.05) is 68.4 Å². The van der Waals surface area contributed by atoms with Gasteiger partial charge < -0.3 is 0 Å². The monoisotopic (exact) mass is 463 g/mol. The maximum atomic E-state index is 14.4. The minimum absolute atomic E-state index is 0.198. The number of carbonyl (C=O) groups excluding carboxylic acids is 2. The molecule has 0 amide bonds. The molecule has 35 heavy (non-hydrogen) atoms. The van der Waals surface area contributed by atoms with E-state index < -0.39 is 22.3 Å². The van der Waals surface area contributed by atoms with Crippen LogP contribution in [0.3, 0.4) is 0 Å². The average molecular weight is 463 g/mol. The first kappa shape index (κ1) is 20.1. The van der Waals surface area contributed by atoms with Crippen LogP contribution in [0.4, 0.5) is 0 Å². The molecule has 2 aliphatic carbocycles. The number of para-hydroxylation sites is 1. The second-order valence-corrected chi connectivity index (χ2v) is 10.4. The fourth-order valence-electron chi connectivity index (χ4n) is 6.36. The van der Waals surface area contributed by atoms with Crippen LogP contribution in [0, 0.1) is 5.41 Å². The third kappa shape index (κ3) is 2.21. The lowest BCUT2D eigenvalue weighted by molar-refractivity contribution is -0.118. The van der Waals surface area contributed by atoms with Crippen LogP contribution in [-0.2, 0) is 10.3 Å². The Hall–Kier alpha value is -4.26. The lowest BCUT2D eigenvalue weighted by atomic mass is 9.69. The zero-order chi connectivity index (χ0) is 24.3. The number of nitrogens with zero attached hydrogens (tertiary/aromatic N) is 3. The number of ketones is 2. The van der Waals surface area contributed by atoms with E-state index in [0.29, 0.717) is 28.9 Å². The van der Waals surface area contributed by atoms with Crippen molar-refractivity contribution in [1.82, 2.24) is 13.9 Å². The number of benzene rings is 3. The van der Waals surface area contributed by atoms with Gasteiger partial charge >= 0.3 is 11.4 Å². The summed E-state index contributed by atoms with van der Waals surface area (Å²) >= 11 is 0. The Balaban J connectivity index is 1.69. The van der Waals surface area contributed by atoms with Crippen molar-refractivity contribution in [3.05, 3.63) is 104 Å². The Bertz CT molecular complexity index is 1790. The van der Waals surface area contributed by atoms with Gasteiger partial charge in [-0.05, 0) is 34.7 Å². The Morgan fingerprint density at radius 2 is 1.49 bits per heavy atom. The summed E-state index contributed by atoms with van der Waals surface area (Å²) in [7, 11) is 0. The predicted octanol–water partition coefficient (Wildman–Crippen LogP) is 3.51. The maximum Gasteiger partial charge on any atom is 0.356 e. The van der Waals surface area contributed by atoms with Gasteiger partial charge in [0.2, 0.25) is 5.78 Å². The van der Waals surface area contributed by atoms with E-state index in [-0.39, 0.29) is 23.6 Å². The van der Waals surface area contributed by atoms with E-state index in [1.54, 1.807) is 48.5 Å². The SMILES string of the molecule is CC1(C)CC(=O)C2=C(C1)n1c(=O)n(-c3ccccc3)c(=O)n1C21C(=O)c2cccc3cccc1c23. The summed E-state index contributed by atoms with van der Waals surface area (Å²) in [5.74, 6) is -0.543. The molecule has 1 spiro atoms. The van der Waals surface area contributed by atoms with E-state index in [9.17, 15) is 19.2 Å². The summed E-state index contributed by atoms with van der Waals surface area (Å²) in [6.45, 7) is 3.93. The second kappa shape index (κ2) is 6.24. The molecule has 0 saturated carbocycles. The zero-order valence-corrected chi connectivity index (χ0v) is 19.2. The molecule has 0 N–H and O–H groups in total. The highest BCUT2D eigenvalue weighted by Gasteiger charge is 2.62. The number of hydrogen-bond donors (Lipinski definition) is 0. The van der Waals surface area contributed by atoms with Crippen LogP contribution in [0.15, 0.2) is 81.9 Å². The van der Waals surface area contributed by atoms with E-state index in [1.165, 1.54) is 9.36 Å². The highest BCUT2D eigenvalue weighted by Crippen LogP contribution is 2.55. The molecule has 1 aliphatic heterocycles. The third-order valence-electron chi connectivity index (χ3n) is 7.61. The number of hydrogen-bond acceptors (Lipinski definition) is 4. The van der Waals surface area contributed by atoms with E-state index in [0.717, 1.165) is 15.3 Å². The predicted molar refractivity (Wildman–Crippen MR) is 131 cm³/mol. The van der Waals surface area contributed by atoms with Gasteiger partial charge in [0.1, 0.15) is 0 Å². The number of allylic oxidation sites excluding steroid dienone is 2. The molecule has 0 fully saturated rings. The number of rotatable bonds is 1. The molecular weight excluding hydrogens is 442 g/mol. The molecule has 7 rings (SSSR count). The molecule has 3 aliphatic rings. The summed E-state index contributed by atoms with van der Waals surface area (Å²) in [4.78, 5) is 56.1. The summed E-state index contributed by atoms with van der Waals surface area (Å²) in [5, 5.41) is 1.58. The van der Waals surface area contributed by atoms with Gasteiger partial charge in [-0.25, -0.2) is 18.8 Å². The largest absolute Gasteiger partial charge is 0.356 e. The van der Waals surface area contributed by atoms with Crippen LogP contribution in [0.2, 0.25) is 0 Å². The molecule has 0 saturated heterocycles. The highest BCUT2D eigenvalue weighted by molar-refractivity contribution is 6.26. The number of fused-ring (bicyclic) bond motifs is 5. The first-order valence-electron chi connectivity index (χ1n) is 11.6. The van der Waals surface area contributed by atoms with Gasteiger partial charge in [0.25, 0.3) is 0 Å². The molecule has 0 bridgehead atoms. The fraction of sp³-hybridized carbons (Fsp3) is 0.214. The molecular formula is C28H21N3O4. The molecule has 1 unspecified atom stereocenters. The number of carbonyl (C=O) groups is 2. The molecule has 4 aromatic rings. The van der Waals surface area contributed by atoms with Gasteiger partial charge in [0.05, 0.1) is 17.0 Å². The van der Waals surface area contributed by atoms with Crippen molar-refractivity contribution in [3.63, 3.8) is 0 Å². The smallest absolute Gasteiger partial charge is 0.294 e. The lowest BCUT2D eigenvalue weighted by Gasteiger charge is -2.33. The van der Waals surface area contributed by atoms with Gasteiger partial charge in [0.15, 0.2) is 11.3 Å². The molecule has 1 aromatic heterocycles. The summed E-state index contributed by atoms with van der Waals surface area (Å²) in [6, 6.07) is 19.7. The first-order chi connectivity index (χ1) is 16.8. The van der Waals surface area contributed by atoms with Crippen LogP contribution in [0.5, 0.6) is 0 Å². The minimum Gasteiger partial charge on any atom is -0.294 e. The summed E-state index contributed by atoms with van der Waals surface area (Å²) in [6.07, 6.45) is 0.632. The van der Waals surface area contributed by atoms with Gasteiger partial charge in [-0.2, -0.15) is 4.68 Å². The van der Waals surface area contributed by atoms with Crippen LogP contribution in [-0.4, -0.2) is 25.5 Å². The molecule has 3 aromatic carbocycles. The molecule has 1 atom stereocenters. The first-order valence-corrected chi connectivity index (χ1v) is 11.6. The molecule has 172 valence electrons. The third-order valence-corrected chi connectivity index (χ3v) is 7.61. The standard InChI is InChI=1S/C28H21N3O4/c1-27(2)14-20-23(21(32)15-27)28(19-13-7-9-16-8-6-12-18(22(16)19)24(28)33)31-26(35)29(25(34)30(20)31)17-10-4-3-5-11-17/h3-13H,14-15H2,1-2H3. The van der Waals surface area contributed by atoms with Crippen LogP contribution >= 0.6 is 0 Å². The van der Waals surface area contributed by atoms with Gasteiger partial charge in [0, 0.05) is 17.5 Å². The van der Waals surface area contributed by atoms with Crippen molar-refractivity contribution in [2.24, 2.45) is 5.41 Å². The van der Waals surface area contributed by atoms with Crippen LogP contribution in [0.1, 0.15) is 42.6 Å². The van der Waals surface area contributed by atoms with E-state index in [2.05, 4.69) is 0 Å². The van der Waals surface area contributed by atoms with E-state index >= 15 is 0 Å². The maximum absolute atomic E-state index is 14.4. The van der Waals surface area contributed by atoms with Gasteiger partial charge in [-0.3, -0.25) is 9.59 Å². The highest BCUT2D eigenvalue weighted by atomic mass is 16.2. The second-order valence-electron chi connectivity index (χ2n) is 10.4. The average Bonchev–Trinajstić information content (AvgIpc) is 3.37. The Kier molecular flexibility index (Phi) is 3.59. The van der Waals surface area contributed by atoms with E-state index in [4.69, 9.17) is 0 Å². The Labute approximate surface area is 199 Å². The van der Waals surface area contributed by atoms with Crippen molar-refractivity contribution in [2.45, 2.75) is 32.2 Å². The normalized spacial score (nSPS) is 21.8. The molecule has 7 heteroatoms. The summed E-state index contributed by atoms with van der Waals surface area (Å²) < 4.78 is 3.64. The minimum atomic E-state index is -1.69. The number of Topliss-reactive ketones (excluding diaryl/α,β-unsaturated/α-hetero) is 2. The van der Waals surface area contributed by atoms with Crippen molar-refractivity contribution < 1.29 is 9.59 Å². The zero-order valence-electron chi connectivity index (χ0n) is 19.2. The van der Waals surface area contributed by atoms with Crippen molar-refractivity contribution in [1.29, 1.82) is 0 Å². The fourth-order valence-corrected chi connectivity index (χ4v) is 6.36. The van der Waals surface area contributed by atoms with Crippen LogP contribution in [0.25, 0.3) is 22.2 Å².